The van der Waals surface area contributed by atoms with Gasteiger partial charge in [-0.05, 0) is 19.1 Å². The summed E-state index contributed by atoms with van der Waals surface area (Å²) in [6.45, 7) is 1.63. The summed E-state index contributed by atoms with van der Waals surface area (Å²) < 4.78 is 10.4. The van der Waals surface area contributed by atoms with Crippen molar-refractivity contribution in [1.82, 2.24) is 15.0 Å². The average molecular weight is 358 g/mol. The summed E-state index contributed by atoms with van der Waals surface area (Å²) in [6, 6.07) is 7.04. The standard InChI is InChI=1S/C16H14N4O4S/c1-2-23-15(22)13-18-11-6-4-3-5-10(11)14(20-13)24-9-12(21)19-16-17-7-8-25-16/h3-8H,2,9H2,1H3,(H,17,19,21). The first-order chi connectivity index (χ1) is 12.2. The Bertz CT molecular complexity index is 898. The fourth-order valence-electron chi connectivity index (χ4n) is 2.02. The largest absolute Gasteiger partial charge is 0.467 e. The average Bonchev–Trinajstić information content (AvgIpc) is 3.12. The van der Waals surface area contributed by atoms with Crippen LogP contribution in [0.4, 0.5) is 5.13 Å². The summed E-state index contributed by atoms with van der Waals surface area (Å²) in [5.74, 6) is -1.00. The number of carbonyl (C=O) groups is 2. The normalized spacial score (nSPS) is 10.4. The molecule has 25 heavy (non-hydrogen) atoms. The van der Waals surface area contributed by atoms with Crippen LogP contribution in [-0.2, 0) is 9.53 Å². The minimum absolute atomic E-state index is 0.115. The maximum Gasteiger partial charge on any atom is 0.376 e. The van der Waals surface area contributed by atoms with E-state index in [1.165, 1.54) is 11.3 Å². The van der Waals surface area contributed by atoms with Crippen molar-refractivity contribution in [2.75, 3.05) is 18.5 Å². The van der Waals surface area contributed by atoms with Crippen molar-refractivity contribution in [2.45, 2.75) is 6.92 Å². The third-order valence-corrected chi connectivity index (χ3v) is 3.73. The van der Waals surface area contributed by atoms with Crippen molar-refractivity contribution in [2.24, 2.45) is 0 Å². The Labute approximate surface area is 146 Å². The summed E-state index contributed by atoms with van der Waals surface area (Å²) >= 11 is 1.30. The molecule has 1 amide bonds. The number of rotatable bonds is 6. The lowest BCUT2D eigenvalue weighted by atomic mass is 10.2. The second kappa shape index (κ2) is 7.67. The Morgan fingerprint density at radius 1 is 1.24 bits per heavy atom. The molecule has 1 aromatic carbocycles. The molecular formula is C16H14N4O4S. The number of hydrogen-bond donors (Lipinski definition) is 1. The van der Waals surface area contributed by atoms with Crippen molar-refractivity contribution in [3.05, 3.63) is 41.7 Å². The molecule has 0 aliphatic rings. The molecule has 2 heterocycles. The van der Waals surface area contributed by atoms with Gasteiger partial charge in [0.1, 0.15) is 0 Å². The molecule has 0 aliphatic carbocycles. The third kappa shape index (κ3) is 4.07. The number of nitrogens with one attached hydrogen (secondary N) is 1. The van der Waals surface area contributed by atoms with Gasteiger partial charge in [-0.1, -0.05) is 12.1 Å². The Hall–Kier alpha value is -3.07. The van der Waals surface area contributed by atoms with Crippen LogP contribution in [0, 0.1) is 0 Å². The van der Waals surface area contributed by atoms with Gasteiger partial charge in [0.2, 0.25) is 11.7 Å². The van der Waals surface area contributed by atoms with Crippen LogP contribution in [0.5, 0.6) is 5.88 Å². The van der Waals surface area contributed by atoms with Crippen LogP contribution in [0.3, 0.4) is 0 Å². The van der Waals surface area contributed by atoms with Crippen molar-refractivity contribution in [1.29, 1.82) is 0 Å². The first-order valence-electron chi connectivity index (χ1n) is 7.43. The lowest BCUT2D eigenvalue weighted by Crippen LogP contribution is -2.21. The van der Waals surface area contributed by atoms with Gasteiger partial charge in [-0.2, -0.15) is 4.98 Å². The van der Waals surface area contributed by atoms with Gasteiger partial charge >= 0.3 is 5.97 Å². The van der Waals surface area contributed by atoms with Crippen molar-refractivity contribution < 1.29 is 19.1 Å². The number of carbonyl (C=O) groups excluding carboxylic acids is 2. The Balaban J connectivity index is 1.81. The van der Waals surface area contributed by atoms with Crippen LogP contribution < -0.4 is 10.1 Å². The first-order valence-corrected chi connectivity index (χ1v) is 8.31. The maximum absolute atomic E-state index is 11.9. The smallest absolute Gasteiger partial charge is 0.376 e. The number of para-hydroxylation sites is 1. The van der Waals surface area contributed by atoms with Crippen LogP contribution >= 0.6 is 11.3 Å². The molecule has 0 aliphatic heterocycles. The first kappa shape index (κ1) is 16.8. The molecule has 0 saturated carbocycles. The second-order valence-electron chi connectivity index (χ2n) is 4.76. The number of esters is 1. The second-order valence-corrected chi connectivity index (χ2v) is 5.66. The van der Waals surface area contributed by atoms with E-state index in [0.29, 0.717) is 16.0 Å². The zero-order valence-corrected chi connectivity index (χ0v) is 14.1. The van der Waals surface area contributed by atoms with Crippen LogP contribution in [0.25, 0.3) is 10.9 Å². The van der Waals surface area contributed by atoms with E-state index in [4.69, 9.17) is 9.47 Å². The van der Waals surface area contributed by atoms with E-state index in [-0.39, 0.29) is 30.8 Å². The molecular weight excluding hydrogens is 344 g/mol. The number of aromatic nitrogens is 3. The Morgan fingerprint density at radius 2 is 2.08 bits per heavy atom. The summed E-state index contributed by atoms with van der Waals surface area (Å²) in [7, 11) is 0. The van der Waals surface area contributed by atoms with Gasteiger partial charge in [0.15, 0.2) is 11.7 Å². The van der Waals surface area contributed by atoms with Gasteiger partial charge < -0.3 is 9.47 Å². The fourth-order valence-corrected chi connectivity index (χ4v) is 2.56. The predicted octanol–water partition coefficient (Wildman–Crippen LogP) is 2.28. The van der Waals surface area contributed by atoms with E-state index in [0.717, 1.165) is 0 Å². The fraction of sp³-hybridized carbons (Fsp3) is 0.188. The van der Waals surface area contributed by atoms with Gasteiger partial charge in [0.25, 0.3) is 5.91 Å². The SMILES string of the molecule is CCOC(=O)c1nc(OCC(=O)Nc2nccs2)c2ccccc2n1. The van der Waals surface area contributed by atoms with E-state index >= 15 is 0 Å². The van der Waals surface area contributed by atoms with E-state index in [1.54, 1.807) is 42.8 Å². The zero-order chi connectivity index (χ0) is 17.6. The maximum atomic E-state index is 11.9. The molecule has 3 aromatic rings. The van der Waals surface area contributed by atoms with Crippen molar-refractivity contribution in [3.8, 4) is 5.88 Å². The van der Waals surface area contributed by atoms with E-state index in [1.807, 2.05) is 0 Å². The number of hydrogen-bond acceptors (Lipinski definition) is 8. The molecule has 2 aromatic heterocycles. The predicted molar refractivity (Wildman–Crippen MR) is 91.7 cm³/mol. The number of ether oxygens (including phenoxy) is 2. The summed E-state index contributed by atoms with van der Waals surface area (Å²) in [4.78, 5) is 36.1. The molecule has 0 atom stereocenters. The number of amides is 1. The minimum Gasteiger partial charge on any atom is -0.467 e. The lowest BCUT2D eigenvalue weighted by molar-refractivity contribution is -0.118. The summed E-state index contributed by atoms with van der Waals surface area (Å²) in [5.41, 5.74) is 0.524. The molecule has 1 N–H and O–H groups in total. The third-order valence-electron chi connectivity index (χ3n) is 3.04. The van der Waals surface area contributed by atoms with Crippen LogP contribution in [-0.4, -0.2) is 40.0 Å². The van der Waals surface area contributed by atoms with E-state index in [9.17, 15) is 9.59 Å². The number of fused-ring (bicyclic) bond motifs is 1. The van der Waals surface area contributed by atoms with Crippen molar-refractivity contribution in [3.63, 3.8) is 0 Å². The van der Waals surface area contributed by atoms with Crippen LogP contribution in [0.2, 0.25) is 0 Å². The Morgan fingerprint density at radius 3 is 2.84 bits per heavy atom. The number of nitrogens with zero attached hydrogens (tertiary/aromatic N) is 3. The van der Waals surface area contributed by atoms with Gasteiger partial charge in [0, 0.05) is 11.6 Å². The molecule has 9 heteroatoms. The van der Waals surface area contributed by atoms with Gasteiger partial charge in [-0.15, -0.1) is 11.3 Å². The molecule has 0 unspecified atom stereocenters. The highest BCUT2D eigenvalue weighted by molar-refractivity contribution is 7.13. The highest BCUT2D eigenvalue weighted by Crippen LogP contribution is 2.22. The van der Waals surface area contributed by atoms with Gasteiger partial charge in [-0.25, -0.2) is 14.8 Å². The zero-order valence-electron chi connectivity index (χ0n) is 13.3. The quantitative estimate of drug-likeness (QED) is 0.674. The molecule has 3 rings (SSSR count). The molecule has 0 radical (unpaired) electrons. The number of thiazole rings is 1. The van der Waals surface area contributed by atoms with Crippen LogP contribution in [0.1, 0.15) is 17.5 Å². The molecule has 0 saturated heterocycles. The lowest BCUT2D eigenvalue weighted by Gasteiger charge is -2.09. The van der Waals surface area contributed by atoms with Crippen molar-refractivity contribution >= 4 is 39.2 Å². The molecule has 128 valence electrons. The van der Waals surface area contributed by atoms with Crippen LogP contribution in [0.15, 0.2) is 35.8 Å². The molecule has 0 spiro atoms. The number of anilines is 1. The monoisotopic (exact) mass is 358 g/mol. The molecule has 8 nitrogen and oxygen atoms in total. The topological polar surface area (TPSA) is 103 Å². The highest BCUT2D eigenvalue weighted by atomic mass is 32.1. The van der Waals surface area contributed by atoms with E-state index < -0.39 is 5.97 Å². The summed E-state index contributed by atoms with van der Waals surface area (Å²) in [6.07, 6.45) is 1.59. The van der Waals surface area contributed by atoms with Gasteiger partial charge in [0.05, 0.1) is 17.5 Å². The minimum atomic E-state index is -0.648. The highest BCUT2D eigenvalue weighted by Gasteiger charge is 2.16. The Kier molecular flexibility index (Phi) is 5.14. The van der Waals surface area contributed by atoms with E-state index in [2.05, 4.69) is 20.3 Å². The summed E-state index contributed by atoms with van der Waals surface area (Å²) in [5, 5.41) is 5.43. The number of benzene rings is 1. The van der Waals surface area contributed by atoms with Gasteiger partial charge in [-0.3, -0.25) is 10.1 Å². The molecule has 0 fully saturated rings. The molecule has 0 bridgehead atoms.